The van der Waals surface area contributed by atoms with E-state index in [0.717, 1.165) is 16.6 Å². The molecule has 2 aliphatic heterocycles. The maximum atomic E-state index is 15.2. The van der Waals surface area contributed by atoms with Crippen molar-refractivity contribution in [2.75, 3.05) is 24.5 Å². The van der Waals surface area contributed by atoms with Crippen molar-refractivity contribution in [3.8, 4) is 23.1 Å². The topological polar surface area (TPSA) is 111 Å². The standard InChI is InChI=1S/C42H38FN7O3/c1-26-37(42(53)50(32-9-11-35(51)12-10-32)33-17-29-14-15-46(2)40(29)45-21-33)19-39(47(26)3)38-18-31(43)8-13-36(38)41(52)49-24-30-7-5-4-6-28(30)16-34(49)25-48-22-27(20-44)23-48/h4-15,17-19,21,27,34,51H,16,22-25H2,1-3H3/t34-/m0/s1. The number of likely N-dealkylation sites (tertiary alicyclic amines) is 1. The second kappa shape index (κ2) is 13.4. The summed E-state index contributed by atoms with van der Waals surface area (Å²) in [5.74, 6) is -1.01. The van der Waals surface area contributed by atoms with Gasteiger partial charge in [0.1, 0.15) is 17.2 Å². The number of carbonyl (C=O) groups excluding carboxylic acids is 2. The molecular weight excluding hydrogens is 670 g/mol. The molecule has 3 aromatic heterocycles. The summed E-state index contributed by atoms with van der Waals surface area (Å²) >= 11 is 0. The highest BCUT2D eigenvalue weighted by atomic mass is 19.1. The van der Waals surface area contributed by atoms with Crippen molar-refractivity contribution in [3.05, 3.63) is 131 Å². The number of hydrogen-bond acceptors (Lipinski definition) is 6. The Labute approximate surface area is 306 Å². The fraction of sp³-hybridized carbons (Fsp3) is 0.238. The predicted octanol–water partition coefficient (Wildman–Crippen LogP) is 6.73. The van der Waals surface area contributed by atoms with Gasteiger partial charge in [-0.05, 0) is 85.1 Å². The Hall–Kier alpha value is -6.25. The smallest absolute Gasteiger partial charge is 0.264 e. The third-order valence-corrected chi connectivity index (χ3v) is 10.7. The highest BCUT2D eigenvalue weighted by Gasteiger charge is 2.36. The molecule has 1 saturated heterocycles. The summed E-state index contributed by atoms with van der Waals surface area (Å²) in [6.07, 6.45) is 4.22. The number of nitrogens with zero attached hydrogens (tertiary/aromatic N) is 7. The fourth-order valence-electron chi connectivity index (χ4n) is 7.70. The summed E-state index contributed by atoms with van der Waals surface area (Å²) in [5, 5.41) is 20.3. The van der Waals surface area contributed by atoms with Crippen LogP contribution < -0.4 is 4.90 Å². The Bertz CT molecular complexity index is 2440. The second-order valence-corrected chi connectivity index (χ2v) is 14.1. The Kier molecular flexibility index (Phi) is 8.55. The first-order valence-electron chi connectivity index (χ1n) is 17.6. The Balaban J connectivity index is 1.18. The number of benzene rings is 3. The number of phenolic OH excluding ortho intramolecular Hbond substituents is 1. The fourth-order valence-corrected chi connectivity index (χ4v) is 7.70. The molecule has 2 aliphatic rings. The van der Waals surface area contributed by atoms with Crippen molar-refractivity contribution in [2.24, 2.45) is 20.0 Å². The number of aryl methyl sites for hydroxylation is 1. The third-order valence-electron chi connectivity index (χ3n) is 10.7. The van der Waals surface area contributed by atoms with E-state index in [1.165, 1.54) is 35.9 Å². The molecule has 2 amide bonds. The van der Waals surface area contributed by atoms with E-state index in [0.29, 0.717) is 72.1 Å². The third kappa shape index (κ3) is 6.11. The van der Waals surface area contributed by atoms with Gasteiger partial charge in [-0.3, -0.25) is 19.4 Å². The first-order chi connectivity index (χ1) is 25.6. The van der Waals surface area contributed by atoms with Crippen LogP contribution in [0.25, 0.3) is 22.3 Å². The molecule has 11 heteroatoms. The van der Waals surface area contributed by atoms with Crippen molar-refractivity contribution in [3.63, 3.8) is 0 Å². The average Bonchev–Trinajstić information content (AvgIpc) is 3.67. The molecule has 0 spiro atoms. The molecule has 266 valence electrons. The van der Waals surface area contributed by atoms with Crippen LogP contribution in [0.1, 0.15) is 37.5 Å². The number of nitriles is 1. The average molecular weight is 708 g/mol. The molecule has 0 bridgehead atoms. The lowest BCUT2D eigenvalue weighted by Gasteiger charge is -2.43. The van der Waals surface area contributed by atoms with E-state index in [-0.39, 0.29) is 29.5 Å². The number of hydrogen-bond donors (Lipinski definition) is 1. The minimum absolute atomic E-state index is 0.00122. The maximum Gasteiger partial charge on any atom is 0.264 e. The van der Waals surface area contributed by atoms with Gasteiger partial charge in [0.05, 0.1) is 29.4 Å². The lowest BCUT2D eigenvalue weighted by molar-refractivity contribution is 0.0468. The van der Waals surface area contributed by atoms with Crippen LogP contribution in [0, 0.1) is 30.0 Å². The van der Waals surface area contributed by atoms with Gasteiger partial charge >= 0.3 is 0 Å². The van der Waals surface area contributed by atoms with Crippen molar-refractivity contribution >= 4 is 34.2 Å². The minimum Gasteiger partial charge on any atom is -0.508 e. The van der Waals surface area contributed by atoms with Gasteiger partial charge in [0.25, 0.3) is 11.8 Å². The zero-order valence-electron chi connectivity index (χ0n) is 29.7. The molecule has 6 aromatic rings. The van der Waals surface area contributed by atoms with Crippen LogP contribution in [0.3, 0.4) is 0 Å². The summed E-state index contributed by atoms with van der Waals surface area (Å²) in [7, 11) is 3.71. The molecule has 0 unspecified atom stereocenters. The molecule has 1 fully saturated rings. The number of aromatic nitrogens is 3. The number of carbonyl (C=O) groups is 2. The first kappa shape index (κ1) is 33.9. The summed E-state index contributed by atoms with van der Waals surface area (Å²) in [6, 6.07) is 26.4. The maximum absolute atomic E-state index is 15.2. The summed E-state index contributed by atoms with van der Waals surface area (Å²) in [4.78, 5) is 39.7. The molecule has 5 heterocycles. The number of phenols is 1. The van der Waals surface area contributed by atoms with Crippen LogP contribution in [0.4, 0.5) is 15.8 Å². The van der Waals surface area contributed by atoms with Crippen LogP contribution in [0.5, 0.6) is 5.75 Å². The molecule has 10 nitrogen and oxygen atoms in total. The lowest BCUT2D eigenvalue weighted by atomic mass is 9.91. The summed E-state index contributed by atoms with van der Waals surface area (Å²) in [6.45, 7) is 4.21. The van der Waals surface area contributed by atoms with Crippen molar-refractivity contribution in [1.82, 2.24) is 23.9 Å². The molecule has 3 aromatic carbocycles. The van der Waals surface area contributed by atoms with Gasteiger partial charge in [0.15, 0.2) is 0 Å². The number of amides is 2. The largest absolute Gasteiger partial charge is 0.508 e. The Morgan fingerprint density at radius 2 is 1.72 bits per heavy atom. The zero-order chi connectivity index (χ0) is 37.0. The normalized spacial score (nSPS) is 15.9. The zero-order valence-corrected chi connectivity index (χ0v) is 29.7. The van der Waals surface area contributed by atoms with Gasteiger partial charge < -0.3 is 19.1 Å². The number of pyridine rings is 1. The van der Waals surface area contributed by atoms with E-state index in [4.69, 9.17) is 0 Å². The molecule has 1 N–H and O–H groups in total. The molecular formula is C42H38FN7O3. The van der Waals surface area contributed by atoms with Gasteiger partial charge in [-0.15, -0.1) is 0 Å². The van der Waals surface area contributed by atoms with Crippen LogP contribution >= 0.6 is 0 Å². The van der Waals surface area contributed by atoms with E-state index in [2.05, 4.69) is 22.0 Å². The van der Waals surface area contributed by atoms with E-state index in [1.807, 2.05) is 64.5 Å². The highest BCUT2D eigenvalue weighted by Crippen LogP contribution is 2.36. The molecule has 53 heavy (non-hydrogen) atoms. The number of fused-ring (bicyclic) bond motifs is 2. The highest BCUT2D eigenvalue weighted by molar-refractivity contribution is 6.13. The van der Waals surface area contributed by atoms with Gasteiger partial charge in [-0.25, -0.2) is 9.37 Å². The van der Waals surface area contributed by atoms with Gasteiger partial charge in [-0.1, -0.05) is 24.3 Å². The van der Waals surface area contributed by atoms with Crippen molar-refractivity contribution < 1.29 is 19.1 Å². The van der Waals surface area contributed by atoms with E-state index in [1.54, 1.807) is 36.3 Å². The van der Waals surface area contributed by atoms with Gasteiger partial charge in [0, 0.05) is 86.1 Å². The van der Waals surface area contributed by atoms with Crippen molar-refractivity contribution in [2.45, 2.75) is 25.9 Å². The molecule has 0 saturated carbocycles. The monoisotopic (exact) mass is 707 g/mol. The SMILES string of the molecule is Cc1c(C(=O)N(c2ccc(O)cc2)c2cnc3c(ccn3C)c2)cc(-c2cc(F)ccc2C(=O)N2Cc3ccccc3C[C@H]2CN2CC(C#N)C2)n1C. The number of halogens is 1. The Morgan fingerprint density at radius 1 is 0.962 bits per heavy atom. The number of aromatic hydroxyl groups is 1. The molecule has 8 rings (SSSR count). The molecule has 0 radical (unpaired) electrons. The molecule has 0 aliphatic carbocycles. The lowest BCUT2D eigenvalue weighted by Crippen LogP contribution is -2.55. The molecule has 1 atom stereocenters. The van der Waals surface area contributed by atoms with Gasteiger partial charge in [-0.2, -0.15) is 5.26 Å². The second-order valence-electron chi connectivity index (χ2n) is 14.1. The summed E-state index contributed by atoms with van der Waals surface area (Å²) in [5.41, 5.74) is 6.31. The Morgan fingerprint density at radius 3 is 2.47 bits per heavy atom. The van der Waals surface area contributed by atoms with E-state index >= 15 is 4.39 Å². The number of anilines is 2. The predicted molar refractivity (Wildman–Crippen MR) is 200 cm³/mol. The van der Waals surface area contributed by atoms with Crippen molar-refractivity contribution in [1.29, 1.82) is 5.26 Å². The van der Waals surface area contributed by atoms with Crippen LogP contribution in [0.2, 0.25) is 0 Å². The van der Waals surface area contributed by atoms with E-state index in [9.17, 15) is 20.0 Å². The van der Waals surface area contributed by atoms with Crippen LogP contribution in [-0.2, 0) is 27.1 Å². The summed E-state index contributed by atoms with van der Waals surface area (Å²) < 4.78 is 18.9. The van der Waals surface area contributed by atoms with E-state index < -0.39 is 5.82 Å². The first-order valence-corrected chi connectivity index (χ1v) is 17.6. The van der Waals surface area contributed by atoms with Gasteiger partial charge in [0.2, 0.25) is 0 Å². The quantitative estimate of drug-likeness (QED) is 0.197. The van der Waals surface area contributed by atoms with Crippen LogP contribution in [-0.4, -0.2) is 66.5 Å². The minimum atomic E-state index is -0.500. The van der Waals surface area contributed by atoms with Crippen LogP contribution in [0.15, 0.2) is 97.3 Å². The number of rotatable bonds is 7.